The van der Waals surface area contributed by atoms with E-state index in [-0.39, 0.29) is 6.61 Å². The van der Waals surface area contributed by atoms with Crippen molar-refractivity contribution in [3.8, 4) is 0 Å². The molecule has 2 aliphatic rings. The van der Waals surface area contributed by atoms with Gasteiger partial charge in [-0.15, -0.1) is 0 Å². The monoisotopic (exact) mass is 391 g/mol. The number of para-hydroxylation sites is 1. The van der Waals surface area contributed by atoms with Gasteiger partial charge in [0.05, 0.1) is 6.61 Å². The second kappa shape index (κ2) is 8.18. The molecule has 1 saturated heterocycles. The molecule has 0 N–H and O–H groups in total. The Balaban J connectivity index is 1.96. The standard InChI is InChI=1S/C20H25NO7/c1-11-6-5-7-15-8-9-21(17(11)15)20-19(28-14(4)24)18(27-13(3)23)16(10-25-20)26-12(2)22/h5-7,16,18-20H,8-10H2,1-4H3/t16-,18+,19-,20-/m1/s1. The molecular formula is C20H25NO7. The fourth-order valence-electron chi connectivity index (χ4n) is 3.93. The van der Waals surface area contributed by atoms with Crippen molar-refractivity contribution in [2.24, 2.45) is 0 Å². The van der Waals surface area contributed by atoms with Crippen molar-refractivity contribution in [2.45, 2.75) is 58.7 Å². The van der Waals surface area contributed by atoms with E-state index >= 15 is 0 Å². The summed E-state index contributed by atoms with van der Waals surface area (Å²) in [6, 6.07) is 6.06. The summed E-state index contributed by atoms with van der Waals surface area (Å²) >= 11 is 0. The van der Waals surface area contributed by atoms with Gasteiger partial charge in [-0.1, -0.05) is 18.2 Å². The van der Waals surface area contributed by atoms with Crippen LogP contribution in [0, 0.1) is 6.92 Å². The summed E-state index contributed by atoms with van der Waals surface area (Å²) in [6.07, 6.45) is -2.60. The number of esters is 3. The summed E-state index contributed by atoms with van der Waals surface area (Å²) in [5.41, 5.74) is 3.28. The van der Waals surface area contributed by atoms with Crippen LogP contribution in [0.2, 0.25) is 0 Å². The Morgan fingerprint density at radius 1 is 1.00 bits per heavy atom. The van der Waals surface area contributed by atoms with Crippen molar-refractivity contribution in [3.63, 3.8) is 0 Å². The average Bonchev–Trinajstić information content (AvgIpc) is 3.02. The first-order chi connectivity index (χ1) is 13.3. The first-order valence-electron chi connectivity index (χ1n) is 9.26. The molecule has 28 heavy (non-hydrogen) atoms. The minimum absolute atomic E-state index is 0.0255. The maximum absolute atomic E-state index is 11.8. The Hall–Kier alpha value is -2.61. The molecule has 2 heterocycles. The van der Waals surface area contributed by atoms with Gasteiger partial charge in [0.25, 0.3) is 0 Å². The highest BCUT2D eigenvalue weighted by molar-refractivity contribution is 5.69. The van der Waals surface area contributed by atoms with Crippen LogP contribution >= 0.6 is 0 Å². The van der Waals surface area contributed by atoms with E-state index in [1.807, 2.05) is 24.0 Å². The molecule has 1 aromatic rings. The number of hydrogen-bond donors (Lipinski definition) is 0. The Labute approximate surface area is 163 Å². The molecule has 8 heteroatoms. The lowest BCUT2D eigenvalue weighted by Crippen LogP contribution is -2.62. The molecule has 0 saturated carbocycles. The van der Waals surface area contributed by atoms with Crippen LogP contribution in [0.25, 0.3) is 0 Å². The van der Waals surface area contributed by atoms with E-state index in [2.05, 4.69) is 6.07 Å². The van der Waals surface area contributed by atoms with Gasteiger partial charge >= 0.3 is 17.9 Å². The number of nitrogens with zero attached hydrogens (tertiary/aromatic N) is 1. The summed E-state index contributed by atoms with van der Waals surface area (Å²) in [4.78, 5) is 37.0. The molecule has 2 aliphatic heterocycles. The Morgan fingerprint density at radius 2 is 1.64 bits per heavy atom. The van der Waals surface area contributed by atoms with E-state index in [0.29, 0.717) is 6.54 Å². The third-order valence-corrected chi connectivity index (χ3v) is 4.86. The Kier molecular flexibility index (Phi) is 5.88. The van der Waals surface area contributed by atoms with E-state index in [1.54, 1.807) is 0 Å². The fourth-order valence-corrected chi connectivity index (χ4v) is 3.93. The van der Waals surface area contributed by atoms with Crippen LogP contribution in [0.3, 0.4) is 0 Å². The predicted octanol–water partition coefficient (Wildman–Crippen LogP) is 1.51. The summed E-state index contributed by atoms with van der Waals surface area (Å²) in [6.45, 7) is 6.51. The molecule has 1 aromatic carbocycles. The molecule has 0 aromatic heterocycles. The quantitative estimate of drug-likeness (QED) is 0.563. The smallest absolute Gasteiger partial charge is 0.303 e. The number of anilines is 1. The zero-order chi connectivity index (χ0) is 20.4. The van der Waals surface area contributed by atoms with Gasteiger partial charge < -0.3 is 23.8 Å². The van der Waals surface area contributed by atoms with Crippen molar-refractivity contribution in [1.29, 1.82) is 0 Å². The number of hydrogen-bond acceptors (Lipinski definition) is 8. The predicted molar refractivity (Wildman–Crippen MR) is 98.6 cm³/mol. The van der Waals surface area contributed by atoms with Crippen LogP contribution in [-0.2, 0) is 39.8 Å². The molecule has 0 amide bonds. The topological polar surface area (TPSA) is 91.4 Å². The molecular weight excluding hydrogens is 366 g/mol. The third kappa shape index (κ3) is 4.11. The van der Waals surface area contributed by atoms with E-state index in [1.165, 1.54) is 26.3 Å². The van der Waals surface area contributed by atoms with Gasteiger partial charge in [0, 0.05) is 33.0 Å². The second-order valence-corrected chi connectivity index (χ2v) is 7.05. The zero-order valence-corrected chi connectivity index (χ0v) is 16.5. The molecule has 152 valence electrons. The van der Waals surface area contributed by atoms with Crippen LogP contribution in [0.4, 0.5) is 5.69 Å². The van der Waals surface area contributed by atoms with Gasteiger partial charge in [0.1, 0.15) is 0 Å². The van der Waals surface area contributed by atoms with Crippen molar-refractivity contribution >= 4 is 23.6 Å². The minimum atomic E-state index is -0.961. The second-order valence-electron chi connectivity index (χ2n) is 7.05. The van der Waals surface area contributed by atoms with Gasteiger partial charge in [-0.05, 0) is 24.5 Å². The highest BCUT2D eigenvalue weighted by Gasteiger charge is 2.50. The number of fused-ring (bicyclic) bond motifs is 1. The van der Waals surface area contributed by atoms with E-state index < -0.39 is 42.4 Å². The molecule has 0 bridgehead atoms. The lowest BCUT2D eigenvalue weighted by Gasteiger charge is -2.44. The van der Waals surface area contributed by atoms with E-state index in [9.17, 15) is 14.4 Å². The summed E-state index contributed by atoms with van der Waals surface area (Å²) in [5.74, 6) is -1.63. The summed E-state index contributed by atoms with van der Waals surface area (Å²) in [5, 5.41) is 0. The Morgan fingerprint density at radius 3 is 2.29 bits per heavy atom. The normalized spacial score (nSPS) is 26.4. The van der Waals surface area contributed by atoms with Crippen molar-refractivity contribution in [2.75, 3.05) is 18.1 Å². The van der Waals surface area contributed by atoms with Gasteiger partial charge in [0.15, 0.2) is 24.5 Å². The largest absolute Gasteiger partial charge is 0.456 e. The first kappa shape index (κ1) is 20.1. The molecule has 0 spiro atoms. The lowest BCUT2D eigenvalue weighted by molar-refractivity contribution is -0.225. The number of aryl methyl sites for hydroxylation is 1. The molecule has 3 rings (SSSR count). The molecule has 0 unspecified atom stereocenters. The minimum Gasteiger partial charge on any atom is -0.456 e. The number of carbonyl (C=O) groups is 3. The van der Waals surface area contributed by atoms with Crippen LogP contribution in [0.15, 0.2) is 18.2 Å². The summed E-state index contributed by atoms with van der Waals surface area (Å²) < 4.78 is 22.2. The highest BCUT2D eigenvalue weighted by atomic mass is 16.6. The van der Waals surface area contributed by atoms with E-state index in [0.717, 1.165) is 17.7 Å². The maximum atomic E-state index is 11.8. The van der Waals surface area contributed by atoms with Crippen LogP contribution in [0.1, 0.15) is 31.9 Å². The third-order valence-electron chi connectivity index (χ3n) is 4.86. The lowest BCUT2D eigenvalue weighted by atomic mass is 10.0. The number of ether oxygens (including phenoxy) is 4. The van der Waals surface area contributed by atoms with Gasteiger partial charge in [-0.3, -0.25) is 14.4 Å². The average molecular weight is 391 g/mol. The van der Waals surface area contributed by atoms with Gasteiger partial charge in [-0.2, -0.15) is 0 Å². The molecule has 8 nitrogen and oxygen atoms in total. The first-order valence-corrected chi connectivity index (χ1v) is 9.26. The van der Waals surface area contributed by atoms with Gasteiger partial charge in [0.2, 0.25) is 0 Å². The number of benzene rings is 1. The van der Waals surface area contributed by atoms with Crippen LogP contribution in [0.5, 0.6) is 0 Å². The van der Waals surface area contributed by atoms with Crippen LogP contribution < -0.4 is 4.90 Å². The van der Waals surface area contributed by atoms with Crippen molar-refractivity contribution < 1.29 is 33.3 Å². The summed E-state index contributed by atoms with van der Waals surface area (Å²) in [7, 11) is 0. The van der Waals surface area contributed by atoms with Gasteiger partial charge in [-0.25, -0.2) is 0 Å². The SMILES string of the molecule is CC(=O)O[C@@H]1[C@@H](OC(C)=O)[C@H](OC(C)=O)CO[C@H]1N1CCc2cccc(C)c21. The molecule has 0 aliphatic carbocycles. The highest BCUT2D eigenvalue weighted by Crippen LogP contribution is 2.37. The molecule has 0 radical (unpaired) electrons. The zero-order valence-electron chi connectivity index (χ0n) is 16.5. The number of rotatable bonds is 4. The van der Waals surface area contributed by atoms with Crippen molar-refractivity contribution in [3.05, 3.63) is 29.3 Å². The van der Waals surface area contributed by atoms with Crippen LogP contribution in [-0.4, -0.2) is 55.6 Å². The molecule has 1 fully saturated rings. The number of carbonyl (C=O) groups excluding carboxylic acids is 3. The fraction of sp³-hybridized carbons (Fsp3) is 0.550. The van der Waals surface area contributed by atoms with Crippen molar-refractivity contribution in [1.82, 2.24) is 0 Å². The van der Waals surface area contributed by atoms with E-state index in [4.69, 9.17) is 18.9 Å². The Bertz CT molecular complexity index is 778. The molecule has 4 atom stereocenters. The maximum Gasteiger partial charge on any atom is 0.303 e.